The van der Waals surface area contributed by atoms with E-state index in [1.54, 1.807) is 36.1 Å². The lowest BCUT2D eigenvalue weighted by Crippen LogP contribution is -2.56. The van der Waals surface area contributed by atoms with Crippen molar-refractivity contribution in [3.8, 4) is 5.75 Å². The zero-order valence-corrected chi connectivity index (χ0v) is 34.6. The molecule has 2 fully saturated rings. The molecule has 0 unspecified atom stereocenters. The van der Waals surface area contributed by atoms with E-state index in [1.807, 2.05) is 88.7 Å². The Morgan fingerprint density at radius 2 is 1.36 bits per heavy atom. The highest BCUT2D eigenvalue weighted by Gasteiger charge is 2.34. The molecule has 0 aliphatic carbocycles. The van der Waals surface area contributed by atoms with Crippen LogP contribution in [0.2, 0.25) is 0 Å². The number of hydrogen-bond acceptors (Lipinski definition) is 8. The summed E-state index contributed by atoms with van der Waals surface area (Å²) in [6, 6.07) is 31.8. The molecule has 2 aliphatic heterocycles. The minimum atomic E-state index is -3.27. The highest BCUT2D eigenvalue weighted by Crippen LogP contribution is 2.23. The van der Waals surface area contributed by atoms with Gasteiger partial charge in [-0.25, -0.2) is 8.42 Å². The second-order valence-corrected chi connectivity index (χ2v) is 17.1. The average molecular weight is 806 g/mol. The van der Waals surface area contributed by atoms with Crippen LogP contribution < -0.4 is 9.64 Å². The fraction of sp³-hybridized carbons (Fsp3) is 0.370. The molecular weight excluding hydrogens is 751 g/mol. The summed E-state index contributed by atoms with van der Waals surface area (Å²) in [7, 11) is -3.27. The van der Waals surface area contributed by atoms with Crippen LogP contribution in [0.15, 0.2) is 114 Å². The van der Waals surface area contributed by atoms with Crippen LogP contribution in [0.5, 0.6) is 5.75 Å². The third-order valence-electron chi connectivity index (χ3n) is 10.8. The van der Waals surface area contributed by atoms with Crippen LogP contribution in [0.25, 0.3) is 6.08 Å². The lowest BCUT2D eigenvalue weighted by Gasteiger charge is -2.39. The van der Waals surface area contributed by atoms with E-state index >= 15 is 0 Å². The first-order valence-corrected chi connectivity index (χ1v) is 22.0. The Labute approximate surface area is 343 Å². The number of carbonyl (C=O) groups excluding carboxylic acids is 3. The van der Waals surface area contributed by atoms with Gasteiger partial charge in [-0.05, 0) is 71.1 Å². The highest BCUT2D eigenvalue weighted by molar-refractivity contribution is 7.90. The lowest BCUT2D eigenvalue weighted by atomic mass is 10.0. The molecule has 3 amide bonds. The van der Waals surface area contributed by atoms with Gasteiger partial charge in [-0.2, -0.15) is 0 Å². The average Bonchev–Trinajstić information content (AvgIpc) is 3.24. The lowest BCUT2D eigenvalue weighted by molar-refractivity contribution is -0.145. The zero-order valence-electron chi connectivity index (χ0n) is 33.8. The predicted molar refractivity (Wildman–Crippen MR) is 228 cm³/mol. The molecule has 1 atom stereocenters. The van der Waals surface area contributed by atoms with Crippen LogP contribution >= 0.6 is 0 Å². The molecule has 0 radical (unpaired) electrons. The van der Waals surface area contributed by atoms with Crippen LogP contribution in [0, 0.1) is 0 Å². The van der Waals surface area contributed by atoms with Crippen molar-refractivity contribution < 1.29 is 27.5 Å². The molecule has 12 heteroatoms. The quantitative estimate of drug-likeness (QED) is 0.144. The maximum absolute atomic E-state index is 14.8. The van der Waals surface area contributed by atoms with E-state index in [0.29, 0.717) is 63.7 Å². The van der Waals surface area contributed by atoms with Gasteiger partial charge >= 0.3 is 0 Å². The first-order valence-electron chi connectivity index (χ1n) is 20.1. The molecule has 0 bridgehead atoms. The van der Waals surface area contributed by atoms with E-state index < -0.39 is 15.9 Å². The second-order valence-electron chi connectivity index (χ2n) is 15.1. The van der Waals surface area contributed by atoms with Gasteiger partial charge in [-0.1, -0.05) is 73.7 Å². The van der Waals surface area contributed by atoms with Gasteiger partial charge < -0.3 is 24.3 Å². The van der Waals surface area contributed by atoms with E-state index in [9.17, 15) is 22.8 Å². The summed E-state index contributed by atoms with van der Waals surface area (Å²) in [5.74, 6) is 0.503. The Morgan fingerprint density at radius 3 is 1.97 bits per heavy atom. The molecule has 0 saturated carbocycles. The maximum Gasteiger partial charge on any atom is 0.247 e. The first kappa shape index (κ1) is 42.2. The Kier molecular flexibility index (Phi) is 14.4. The maximum atomic E-state index is 14.8. The summed E-state index contributed by atoms with van der Waals surface area (Å²) in [5, 5.41) is 0. The molecular formula is C46H55N5O6S. The normalized spacial score (nSPS) is 15.7. The number of rotatable bonds is 15. The van der Waals surface area contributed by atoms with E-state index in [0.717, 1.165) is 53.2 Å². The van der Waals surface area contributed by atoms with E-state index in [2.05, 4.69) is 28.9 Å². The standard InChI is InChI=1S/C46H55N5O6S/c1-4-32-57-42-19-12-37(13-20-42)16-23-45(53)51(35-40-10-17-41(18-11-40)49-30-28-48(29-31-49)36(2)52)44(33-38-8-6-5-7-9-38)46(54)50-26-24-47(25-27-50)34-39-14-21-43(22-15-39)58(3,55)56/h5-23,44H,4,24-35H2,1-3H3/b23-16+/t44-/m0/s1. The second kappa shape index (κ2) is 19.8. The van der Waals surface area contributed by atoms with E-state index in [4.69, 9.17) is 4.74 Å². The number of amides is 3. The Balaban J connectivity index is 1.22. The number of ether oxygens (including phenoxy) is 1. The molecule has 11 nitrogen and oxygen atoms in total. The smallest absolute Gasteiger partial charge is 0.247 e. The molecule has 0 spiro atoms. The van der Waals surface area contributed by atoms with Crippen molar-refractivity contribution in [2.45, 2.75) is 50.7 Å². The predicted octanol–water partition coefficient (Wildman–Crippen LogP) is 5.55. The molecule has 6 rings (SSSR count). The van der Waals surface area contributed by atoms with Crippen molar-refractivity contribution in [2.24, 2.45) is 0 Å². The monoisotopic (exact) mass is 805 g/mol. The molecule has 58 heavy (non-hydrogen) atoms. The minimum Gasteiger partial charge on any atom is -0.494 e. The molecule has 2 heterocycles. The van der Waals surface area contributed by atoms with E-state index in [-0.39, 0.29) is 24.3 Å². The SMILES string of the molecule is CCCOc1ccc(/C=C/C(=O)N(Cc2ccc(N3CCN(C(C)=O)CC3)cc2)[C@@H](Cc2ccccc2)C(=O)N2CCN(Cc3ccc(S(C)(=O)=O)cc3)CC2)cc1. The summed E-state index contributed by atoms with van der Waals surface area (Å²) in [4.78, 5) is 51.3. The van der Waals surface area contributed by atoms with Gasteiger partial charge in [0.15, 0.2) is 9.84 Å². The summed E-state index contributed by atoms with van der Waals surface area (Å²) >= 11 is 0. The highest BCUT2D eigenvalue weighted by atomic mass is 32.2. The van der Waals surface area contributed by atoms with Crippen LogP contribution in [0.1, 0.15) is 42.5 Å². The number of anilines is 1. The van der Waals surface area contributed by atoms with Crippen LogP contribution in [-0.2, 0) is 43.7 Å². The molecule has 0 aromatic heterocycles. The molecule has 0 N–H and O–H groups in total. The number of piperazine rings is 2. The molecule has 2 aliphatic rings. The molecule has 4 aromatic carbocycles. The van der Waals surface area contributed by atoms with Crippen molar-refractivity contribution in [1.29, 1.82) is 0 Å². The van der Waals surface area contributed by atoms with Gasteiger partial charge in [-0.3, -0.25) is 19.3 Å². The van der Waals surface area contributed by atoms with Gasteiger partial charge in [-0.15, -0.1) is 0 Å². The van der Waals surface area contributed by atoms with Crippen LogP contribution in [-0.4, -0.2) is 117 Å². The van der Waals surface area contributed by atoms with Crippen molar-refractivity contribution in [1.82, 2.24) is 19.6 Å². The summed E-state index contributed by atoms with van der Waals surface area (Å²) in [6.45, 7) is 10.3. The van der Waals surface area contributed by atoms with Crippen LogP contribution in [0.4, 0.5) is 5.69 Å². The van der Waals surface area contributed by atoms with Crippen molar-refractivity contribution in [3.05, 3.63) is 131 Å². The van der Waals surface area contributed by atoms with Crippen molar-refractivity contribution in [3.63, 3.8) is 0 Å². The molecule has 306 valence electrons. The minimum absolute atomic E-state index is 0.0899. The van der Waals surface area contributed by atoms with E-state index in [1.165, 1.54) is 6.26 Å². The third-order valence-corrected chi connectivity index (χ3v) is 11.9. The topological polar surface area (TPSA) is 111 Å². The Morgan fingerprint density at radius 1 is 0.741 bits per heavy atom. The third kappa shape index (κ3) is 11.6. The largest absolute Gasteiger partial charge is 0.494 e. The van der Waals surface area contributed by atoms with Crippen molar-refractivity contribution in [2.75, 3.05) is 70.1 Å². The number of nitrogens with zero attached hydrogens (tertiary/aromatic N) is 5. The first-order chi connectivity index (χ1) is 28.0. The van der Waals surface area contributed by atoms with Crippen molar-refractivity contribution >= 4 is 39.3 Å². The summed E-state index contributed by atoms with van der Waals surface area (Å²) < 4.78 is 29.6. The van der Waals surface area contributed by atoms with Gasteiger partial charge in [0, 0.05) is 96.8 Å². The summed E-state index contributed by atoms with van der Waals surface area (Å²) in [5.41, 5.74) is 4.77. The Bertz CT molecular complexity index is 2110. The van der Waals surface area contributed by atoms with Gasteiger partial charge in [0.05, 0.1) is 11.5 Å². The van der Waals surface area contributed by atoms with Crippen LogP contribution in [0.3, 0.4) is 0 Å². The van der Waals surface area contributed by atoms with Gasteiger partial charge in [0.25, 0.3) is 0 Å². The number of hydrogen-bond donors (Lipinski definition) is 0. The number of sulfone groups is 1. The van der Waals surface area contributed by atoms with Gasteiger partial charge in [0.1, 0.15) is 11.8 Å². The van der Waals surface area contributed by atoms with Gasteiger partial charge in [0.2, 0.25) is 17.7 Å². The Hall–Kier alpha value is -5.46. The molecule has 2 saturated heterocycles. The number of benzene rings is 4. The fourth-order valence-electron chi connectivity index (χ4n) is 7.39. The zero-order chi connectivity index (χ0) is 41.1. The number of carbonyl (C=O) groups is 3. The fourth-order valence-corrected chi connectivity index (χ4v) is 8.02. The summed E-state index contributed by atoms with van der Waals surface area (Å²) in [6.07, 6.45) is 5.81. The molecule has 4 aromatic rings.